The molecule has 0 saturated carbocycles. The monoisotopic (exact) mass is 783 g/mol. The van der Waals surface area contributed by atoms with Gasteiger partial charge in [-0.05, 0) is 126 Å². The summed E-state index contributed by atoms with van der Waals surface area (Å²) >= 11 is 1.96. The number of nitrogens with zero attached hydrogens (tertiary/aromatic N) is 1. The summed E-state index contributed by atoms with van der Waals surface area (Å²) in [6.07, 6.45) is 3.21. The topological polar surface area (TPSA) is 3.24 Å². The van der Waals surface area contributed by atoms with Crippen LogP contribution in [0.4, 0.5) is 17.1 Å². The Morgan fingerprint density at radius 2 is 1.18 bits per heavy atom. The molecule has 12 rings (SSSR count). The van der Waals surface area contributed by atoms with Crippen molar-refractivity contribution in [3.8, 4) is 11.1 Å². The summed E-state index contributed by atoms with van der Waals surface area (Å²) in [6.45, 7) is 4.85. The third-order valence-electron chi connectivity index (χ3n) is 13.0. The molecular formula is C58H41NS. The maximum Gasteiger partial charge on any atom is 0.0465 e. The highest BCUT2D eigenvalue weighted by Gasteiger charge is 2.36. The maximum atomic E-state index is 2.48. The van der Waals surface area contributed by atoms with Crippen LogP contribution >= 0.6 is 11.3 Å². The molecule has 284 valence electrons. The van der Waals surface area contributed by atoms with Gasteiger partial charge in [-0.2, -0.15) is 0 Å². The second kappa shape index (κ2) is 13.5. The fourth-order valence-corrected chi connectivity index (χ4v) is 11.5. The molecule has 60 heavy (non-hydrogen) atoms. The second-order valence-corrected chi connectivity index (χ2v) is 17.9. The molecule has 0 aliphatic heterocycles. The fraction of sp³-hybridized carbons (Fsp3) is 0.0690. The molecule has 0 atom stereocenters. The van der Waals surface area contributed by atoms with Crippen LogP contribution in [0.5, 0.6) is 0 Å². The molecule has 0 fully saturated rings. The van der Waals surface area contributed by atoms with Crippen molar-refractivity contribution in [3.63, 3.8) is 0 Å². The zero-order valence-electron chi connectivity index (χ0n) is 33.6. The van der Waals surface area contributed by atoms with Gasteiger partial charge in [0.25, 0.3) is 0 Å². The van der Waals surface area contributed by atoms with E-state index in [1.807, 2.05) is 11.3 Å². The lowest BCUT2D eigenvalue weighted by Gasteiger charge is -2.37. The average molecular weight is 784 g/mol. The number of fused-ring (bicyclic) bond motifs is 7. The molecule has 10 aromatic carbocycles. The van der Waals surface area contributed by atoms with Crippen molar-refractivity contribution in [2.75, 3.05) is 4.90 Å². The lowest BCUT2D eigenvalue weighted by molar-refractivity contribution is 0.645. The molecule has 2 heteroatoms. The van der Waals surface area contributed by atoms with Crippen LogP contribution in [0.2, 0.25) is 0 Å². The molecule has 11 aromatic rings. The van der Waals surface area contributed by atoms with Gasteiger partial charge >= 0.3 is 0 Å². The Morgan fingerprint density at radius 1 is 0.500 bits per heavy atom. The SMILES string of the molecule is CC1(C)c2cc(N(c3ccccc3)c3ccccc3)ccc2-c2cc3cccc4c5c6ccc(C/C(=C/c7ccccc7)c7ccccc7)cc6sc5c5ccc1c2c5c34. The van der Waals surface area contributed by atoms with Gasteiger partial charge in [0.05, 0.1) is 0 Å². The van der Waals surface area contributed by atoms with E-state index in [-0.39, 0.29) is 5.41 Å². The fourth-order valence-electron chi connectivity index (χ4n) is 10.2. The van der Waals surface area contributed by atoms with Crippen LogP contribution in [0.15, 0.2) is 194 Å². The molecule has 0 bridgehead atoms. The van der Waals surface area contributed by atoms with Gasteiger partial charge < -0.3 is 4.90 Å². The Morgan fingerprint density at radius 3 is 1.92 bits per heavy atom. The summed E-state index contributed by atoms with van der Waals surface area (Å²) in [4.78, 5) is 2.38. The van der Waals surface area contributed by atoms with E-state index >= 15 is 0 Å². The van der Waals surface area contributed by atoms with Crippen LogP contribution in [0.3, 0.4) is 0 Å². The number of allylic oxidation sites excluding steroid dienone is 1. The number of para-hydroxylation sites is 2. The van der Waals surface area contributed by atoms with Crippen molar-refractivity contribution in [1.29, 1.82) is 0 Å². The molecule has 1 heterocycles. The lowest BCUT2D eigenvalue weighted by atomic mass is 9.67. The zero-order valence-corrected chi connectivity index (χ0v) is 34.4. The van der Waals surface area contributed by atoms with E-state index in [4.69, 9.17) is 0 Å². The van der Waals surface area contributed by atoms with Crippen LogP contribution in [-0.4, -0.2) is 0 Å². The first kappa shape index (κ1) is 35.0. The molecule has 0 radical (unpaired) electrons. The quantitative estimate of drug-likeness (QED) is 0.115. The number of anilines is 3. The van der Waals surface area contributed by atoms with Crippen LogP contribution in [0.25, 0.3) is 75.3 Å². The third-order valence-corrected chi connectivity index (χ3v) is 14.2. The second-order valence-electron chi connectivity index (χ2n) is 16.9. The van der Waals surface area contributed by atoms with E-state index in [0.29, 0.717) is 0 Å². The van der Waals surface area contributed by atoms with E-state index in [1.54, 1.807) is 0 Å². The van der Waals surface area contributed by atoms with Crippen molar-refractivity contribution in [2.24, 2.45) is 0 Å². The Labute approximate surface area is 354 Å². The first-order valence-electron chi connectivity index (χ1n) is 21.0. The van der Waals surface area contributed by atoms with E-state index in [0.717, 1.165) is 17.8 Å². The normalized spacial score (nSPS) is 13.5. The van der Waals surface area contributed by atoms with E-state index < -0.39 is 0 Å². The number of hydrogen-bond acceptors (Lipinski definition) is 2. The first-order chi connectivity index (χ1) is 29.5. The molecular weight excluding hydrogens is 743 g/mol. The minimum absolute atomic E-state index is 0.225. The predicted octanol–water partition coefficient (Wildman–Crippen LogP) is 16.5. The van der Waals surface area contributed by atoms with Gasteiger partial charge in [-0.15, -0.1) is 11.3 Å². The minimum Gasteiger partial charge on any atom is -0.310 e. The van der Waals surface area contributed by atoms with E-state index in [1.165, 1.54) is 103 Å². The Balaban J connectivity index is 1.04. The Kier molecular flexibility index (Phi) is 7.89. The first-order valence-corrected chi connectivity index (χ1v) is 21.8. The van der Waals surface area contributed by atoms with Crippen molar-refractivity contribution in [2.45, 2.75) is 25.7 Å². The molecule has 1 nitrogen and oxygen atoms in total. The number of hydrogen-bond donors (Lipinski definition) is 0. The molecule has 0 N–H and O–H groups in total. The van der Waals surface area contributed by atoms with Crippen LogP contribution in [0.1, 0.15) is 41.7 Å². The van der Waals surface area contributed by atoms with Crippen molar-refractivity contribution in [3.05, 3.63) is 222 Å². The van der Waals surface area contributed by atoms with Crippen molar-refractivity contribution in [1.82, 2.24) is 0 Å². The summed E-state index contributed by atoms with van der Waals surface area (Å²) in [5.74, 6) is 0. The zero-order chi connectivity index (χ0) is 40.0. The summed E-state index contributed by atoms with van der Waals surface area (Å²) in [5, 5.41) is 10.9. The molecule has 0 saturated heterocycles. The molecule has 1 aliphatic carbocycles. The predicted molar refractivity (Wildman–Crippen MR) is 260 cm³/mol. The number of rotatable bonds is 7. The van der Waals surface area contributed by atoms with Gasteiger partial charge in [0.2, 0.25) is 0 Å². The van der Waals surface area contributed by atoms with Crippen molar-refractivity contribution < 1.29 is 0 Å². The van der Waals surface area contributed by atoms with Crippen molar-refractivity contribution >= 4 is 92.5 Å². The molecule has 1 aliphatic rings. The van der Waals surface area contributed by atoms with E-state index in [2.05, 4.69) is 219 Å². The van der Waals surface area contributed by atoms with Gasteiger partial charge in [-0.1, -0.05) is 166 Å². The summed E-state index contributed by atoms with van der Waals surface area (Å²) in [5.41, 5.74) is 13.8. The van der Waals surface area contributed by atoms with Gasteiger partial charge in [-0.3, -0.25) is 0 Å². The molecule has 1 aromatic heterocycles. The summed E-state index contributed by atoms with van der Waals surface area (Å²) in [7, 11) is 0. The Bertz CT molecular complexity index is 3410. The summed E-state index contributed by atoms with van der Waals surface area (Å²) in [6, 6.07) is 71.7. The Hall–Kier alpha value is -7.00. The molecule has 0 unspecified atom stereocenters. The van der Waals surface area contributed by atoms with Gasteiger partial charge in [0, 0.05) is 48.0 Å². The highest BCUT2D eigenvalue weighted by atomic mass is 32.1. The van der Waals surface area contributed by atoms with Crippen LogP contribution < -0.4 is 4.90 Å². The highest BCUT2D eigenvalue weighted by molar-refractivity contribution is 7.27. The average Bonchev–Trinajstić information content (AvgIpc) is 3.68. The third kappa shape index (κ3) is 5.38. The highest BCUT2D eigenvalue weighted by Crippen LogP contribution is 2.56. The maximum absolute atomic E-state index is 2.48. The van der Waals surface area contributed by atoms with Gasteiger partial charge in [-0.25, -0.2) is 0 Å². The standard InChI is InChI=1S/C58H41NS/c1-58(2)50-31-30-48-56-53-40(35-49(55(50)56)45-29-27-44(36-51(45)58)59(42-21-11-5-12-22-42)43-23-13-6-14-24-43)20-15-25-47(53)54-46-28-26-38(34-52(46)60-57(48)54)33-41(39-18-9-4-10-19-39)32-37-16-7-3-8-17-37/h3-32,34-36H,33H2,1-2H3/b41-32-. The molecule has 0 amide bonds. The van der Waals surface area contributed by atoms with Crippen LogP contribution in [0, 0.1) is 0 Å². The number of thiophene rings is 1. The lowest BCUT2D eigenvalue weighted by Crippen LogP contribution is -2.24. The minimum atomic E-state index is -0.225. The van der Waals surface area contributed by atoms with Crippen LogP contribution in [-0.2, 0) is 11.8 Å². The van der Waals surface area contributed by atoms with E-state index in [9.17, 15) is 0 Å². The molecule has 0 spiro atoms. The number of benzene rings is 10. The van der Waals surface area contributed by atoms with Gasteiger partial charge in [0.1, 0.15) is 0 Å². The van der Waals surface area contributed by atoms with Gasteiger partial charge in [0.15, 0.2) is 0 Å². The largest absolute Gasteiger partial charge is 0.310 e. The summed E-state index contributed by atoms with van der Waals surface area (Å²) < 4.78 is 2.73. The smallest absolute Gasteiger partial charge is 0.0465 e.